The first-order chi connectivity index (χ1) is 15.3. The Morgan fingerprint density at radius 2 is 0.906 bits per heavy atom. The van der Waals surface area contributed by atoms with Crippen LogP contribution in [0.3, 0.4) is 0 Å². The first kappa shape index (κ1) is 20.5. The molecular formula is C24H18N2O6+2. The van der Waals surface area contributed by atoms with Crippen LogP contribution in [0.1, 0.15) is 20.7 Å². The van der Waals surface area contributed by atoms with E-state index in [2.05, 4.69) is 0 Å². The fraction of sp³-hybridized carbons (Fsp3) is 0. The maximum Gasteiger partial charge on any atom is 0.339 e. The third kappa shape index (κ3) is 3.97. The number of phenols is 2. The lowest BCUT2D eigenvalue weighted by Crippen LogP contribution is -2.29. The number of carboxylic acid groups (broad SMARTS) is 2. The van der Waals surface area contributed by atoms with Crippen molar-refractivity contribution in [2.75, 3.05) is 0 Å². The highest BCUT2D eigenvalue weighted by Crippen LogP contribution is 2.21. The van der Waals surface area contributed by atoms with E-state index in [1.165, 1.54) is 24.3 Å². The number of aromatic hydroxyl groups is 2. The quantitative estimate of drug-likeness (QED) is 0.361. The molecule has 2 aromatic heterocycles. The number of carboxylic acids is 2. The van der Waals surface area contributed by atoms with Crippen LogP contribution in [0.4, 0.5) is 0 Å². The lowest BCUT2D eigenvalue weighted by molar-refractivity contribution is -0.596. The van der Waals surface area contributed by atoms with E-state index in [1.807, 2.05) is 24.3 Å². The molecule has 0 aliphatic heterocycles. The maximum atomic E-state index is 11.0. The van der Waals surface area contributed by atoms with Gasteiger partial charge in [-0.3, -0.25) is 0 Å². The van der Waals surface area contributed by atoms with Gasteiger partial charge in [0.2, 0.25) is 11.4 Å². The van der Waals surface area contributed by atoms with Crippen molar-refractivity contribution in [1.29, 1.82) is 0 Å². The average Bonchev–Trinajstić information content (AvgIpc) is 2.78. The van der Waals surface area contributed by atoms with Crippen LogP contribution in [-0.2, 0) is 0 Å². The predicted octanol–water partition coefficient (Wildman–Crippen LogP) is 2.71. The molecule has 4 rings (SSSR count). The van der Waals surface area contributed by atoms with E-state index in [-0.39, 0.29) is 22.6 Å². The highest BCUT2D eigenvalue weighted by Gasteiger charge is 2.16. The van der Waals surface area contributed by atoms with E-state index in [1.54, 1.807) is 46.1 Å². The molecule has 8 nitrogen and oxygen atoms in total. The predicted molar refractivity (Wildman–Crippen MR) is 112 cm³/mol. The Morgan fingerprint density at radius 3 is 1.19 bits per heavy atom. The summed E-state index contributed by atoms with van der Waals surface area (Å²) in [6, 6.07) is 16.2. The van der Waals surface area contributed by atoms with Crippen LogP contribution >= 0.6 is 0 Å². The van der Waals surface area contributed by atoms with Gasteiger partial charge in [-0.2, -0.15) is 9.13 Å². The summed E-state index contributed by atoms with van der Waals surface area (Å²) < 4.78 is 3.51. The van der Waals surface area contributed by atoms with Crippen LogP contribution in [0.2, 0.25) is 0 Å². The highest BCUT2D eigenvalue weighted by atomic mass is 16.4. The fourth-order valence-corrected chi connectivity index (χ4v) is 3.31. The number of rotatable bonds is 5. The standard InChI is InChI=1S/C24H16N2O6/c27-21-13-17(1-3-19(21)23(29)30)25-9-5-15(6-10-25)16-7-11-26(12-8-16)18-2-4-20(24(31)32)22(28)14-18/h1-14H,(H2-2,27,28,29,30,31,32)/p+2. The van der Waals surface area contributed by atoms with Gasteiger partial charge >= 0.3 is 11.9 Å². The van der Waals surface area contributed by atoms with Crippen molar-refractivity contribution in [3.8, 4) is 34.0 Å². The van der Waals surface area contributed by atoms with Gasteiger partial charge in [-0.1, -0.05) is 0 Å². The average molecular weight is 430 g/mol. The smallest absolute Gasteiger partial charge is 0.339 e. The number of pyridine rings is 2. The van der Waals surface area contributed by atoms with Crippen molar-refractivity contribution < 1.29 is 39.1 Å². The van der Waals surface area contributed by atoms with Gasteiger partial charge in [0.15, 0.2) is 24.8 Å². The second-order valence-corrected chi connectivity index (χ2v) is 7.00. The Morgan fingerprint density at radius 1 is 0.562 bits per heavy atom. The van der Waals surface area contributed by atoms with Gasteiger partial charge in [-0.05, 0) is 23.3 Å². The molecule has 4 aromatic rings. The first-order valence-corrected chi connectivity index (χ1v) is 9.50. The Kier molecular flexibility index (Phi) is 5.26. The molecule has 0 amide bonds. The normalized spacial score (nSPS) is 10.6. The maximum absolute atomic E-state index is 11.0. The first-order valence-electron chi connectivity index (χ1n) is 9.50. The number of hydrogen-bond donors (Lipinski definition) is 4. The number of carbonyl (C=O) groups is 2. The van der Waals surface area contributed by atoms with E-state index < -0.39 is 11.9 Å². The topological polar surface area (TPSA) is 123 Å². The molecule has 8 heteroatoms. The van der Waals surface area contributed by atoms with Crippen molar-refractivity contribution in [1.82, 2.24) is 0 Å². The molecule has 4 N–H and O–H groups in total. The van der Waals surface area contributed by atoms with Crippen molar-refractivity contribution in [2.45, 2.75) is 0 Å². The van der Waals surface area contributed by atoms with E-state index in [0.29, 0.717) is 11.4 Å². The molecule has 0 unspecified atom stereocenters. The summed E-state index contributed by atoms with van der Waals surface area (Å²) in [6.45, 7) is 0. The summed E-state index contributed by atoms with van der Waals surface area (Å²) in [5.41, 5.74) is 2.79. The fourth-order valence-electron chi connectivity index (χ4n) is 3.31. The van der Waals surface area contributed by atoms with Gasteiger partial charge < -0.3 is 20.4 Å². The van der Waals surface area contributed by atoms with Crippen molar-refractivity contribution in [3.63, 3.8) is 0 Å². The van der Waals surface area contributed by atoms with Gasteiger partial charge in [-0.15, -0.1) is 0 Å². The molecule has 0 saturated heterocycles. The molecule has 0 aliphatic carbocycles. The minimum atomic E-state index is -1.19. The lowest BCUT2D eigenvalue weighted by Gasteiger charge is -2.03. The summed E-state index contributed by atoms with van der Waals surface area (Å²) in [5.74, 6) is -2.99. The van der Waals surface area contributed by atoms with Gasteiger partial charge in [-0.25, -0.2) is 9.59 Å². The Hall–Kier alpha value is -4.72. The number of aromatic nitrogens is 2. The van der Waals surface area contributed by atoms with E-state index in [9.17, 15) is 19.8 Å². The van der Waals surface area contributed by atoms with Gasteiger partial charge in [0.25, 0.3) is 0 Å². The summed E-state index contributed by atoms with van der Waals surface area (Å²) >= 11 is 0. The van der Waals surface area contributed by atoms with Crippen LogP contribution in [0.15, 0.2) is 85.5 Å². The third-order valence-electron chi connectivity index (χ3n) is 5.01. The van der Waals surface area contributed by atoms with Crippen molar-refractivity contribution >= 4 is 11.9 Å². The van der Waals surface area contributed by atoms with Crippen LogP contribution in [-0.4, -0.2) is 32.4 Å². The van der Waals surface area contributed by atoms with Crippen LogP contribution in [0.5, 0.6) is 11.5 Å². The van der Waals surface area contributed by atoms with Gasteiger partial charge in [0.05, 0.1) is 12.1 Å². The second-order valence-electron chi connectivity index (χ2n) is 7.00. The molecule has 2 heterocycles. The van der Waals surface area contributed by atoms with Gasteiger partial charge in [0, 0.05) is 36.4 Å². The zero-order valence-electron chi connectivity index (χ0n) is 16.6. The second kappa shape index (κ2) is 8.19. The summed E-state index contributed by atoms with van der Waals surface area (Å²) in [5, 5.41) is 37.8. The minimum absolute atomic E-state index is 0.158. The van der Waals surface area contributed by atoms with Crippen LogP contribution in [0, 0.1) is 0 Å². The number of hydrogen-bond acceptors (Lipinski definition) is 4. The number of nitrogens with zero attached hydrogens (tertiary/aromatic N) is 2. The molecule has 0 bridgehead atoms. The van der Waals surface area contributed by atoms with E-state index in [0.717, 1.165) is 11.1 Å². The van der Waals surface area contributed by atoms with Gasteiger partial charge in [0.1, 0.15) is 22.6 Å². The zero-order valence-corrected chi connectivity index (χ0v) is 16.6. The number of benzene rings is 2. The summed E-state index contributed by atoms with van der Waals surface area (Å²) in [7, 11) is 0. The third-order valence-corrected chi connectivity index (χ3v) is 5.01. The molecule has 0 fully saturated rings. The lowest BCUT2D eigenvalue weighted by atomic mass is 10.1. The molecule has 2 aromatic carbocycles. The van der Waals surface area contributed by atoms with Crippen LogP contribution < -0.4 is 9.13 Å². The van der Waals surface area contributed by atoms with Crippen molar-refractivity contribution in [2.24, 2.45) is 0 Å². The molecule has 0 saturated carbocycles. The molecule has 0 atom stereocenters. The largest absolute Gasteiger partial charge is 0.507 e. The molecule has 32 heavy (non-hydrogen) atoms. The minimum Gasteiger partial charge on any atom is -0.507 e. The van der Waals surface area contributed by atoms with Crippen molar-refractivity contribution in [3.05, 3.63) is 96.6 Å². The van der Waals surface area contributed by atoms with E-state index in [4.69, 9.17) is 10.2 Å². The number of aromatic carboxylic acids is 2. The molecule has 0 aliphatic rings. The molecule has 0 spiro atoms. The van der Waals surface area contributed by atoms with Crippen LogP contribution in [0.25, 0.3) is 22.5 Å². The summed E-state index contributed by atoms with van der Waals surface area (Å²) in [6.07, 6.45) is 7.20. The Labute approximate surface area is 182 Å². The zero-order chi connectivity index (χ0) is 22.8. The van der Waals surface area contributed by atoms with E-state index >= 15 is 0 Å². The summed E-state index contributed by atoms with van der Waals surface area (Å²) in [4.78, 5) is 22.1. The monoisotopic (exact) mass is 430 g/mol. The molecule has 158 valence electrons. The highest BCUT2D eigenvalue weighted by molar-refractivity contribution is 5.91. The molecule has 0 radical (unpaired) electrons. The SMILES string of the molecule is O=C(O)c1ccc(-[n+]2ccc(-c3cc[n+](-c4ccc(C(=O)O)c(O)c4)cc3)cc2)cc1O. The Balaban J connectivity index is 1.56. The Bertz CT molecular complexity index is 1230. The molecular weight excluding hydrogens is 412 g/mol.